The minimum atomic E-state index is -2.15. The third-order valence-corrected chi connectivity index (χ3v) is 11.8. The van der Waals surface area contributed by atoms with Crippen LogP contribution < -0.4 is 0 Å². The van der Waals surface area contributed by atoms with E-state index in [2.05, 4.69) is 0 Å². The number of aliphatic hydroxyl groups is 3. The number of rotatable bonds is 3. The van der Waals surface area contributed by atoms with Crippen molar-refractivity contribution in [2.45, 2.75) is 114 Å². The average molecular weight is 547 g/mol. The molecule has 0 aromatic rings. The lowest BCUT2D eigenvalue weighted by atomic mass is 9.67. The molecule has 6 fully saturated rings. The van der Waals surface area contributed by atoms with Crippen LogP contribution in [0.3, 0.4) is 0 Å². The van der Waals surface area contributed by atoms with Crippen LogP contribution in [0.1, 0.15) is 66.7 Å². The maximum atomic E-state index is 14.1. The standard InChI is InChI=1S/C29H38O10/c1-12-10-15(36-23(12)33)20(31)13(2)19-21-26(19,5)8-9-27-14(22(32)29(21,35)39-27)6-7-16-25(3,4)37-17-11-18(30)38-28(16,17)24(27)34/h10,13-17,19-21,24,31,34-35H,6-9,11H2,1-5H3/t13-,14-,15-,16-,17+,19+,20-,21?,24-,26+,27+,28+,29-/m0/s1. The van der Waals surface area contributed by atoms with E-state index in [1.807, 2.05) is 27.7 Å². The first-order valence-corrected chi connectivity index (χ1v) is 14.3. The zero-order chi connectivity index (χ0) is 28.1. The van der Waals surface area contributed by atoms with Gasteiger partial charge < -0.3 is 34.3 Å². The fourth-order valence-corrected chi connectivity index (χ4v) is 10.1. The van der Waals surface area contributed by atoms with E-state index in [-0.39, 0.29) is 24.7 Å². The largest absolute Gasteiger partial charge is 0.453 e. The number of hydrogen-bond acceptors (Lipinski definition) is 10. The van der Waals surface area contributed by atoms with Crippen LogP contribution in [-0.4, -0.2) is 80.0 Å². The Balaban J connectivity index is 1.24. The number of ether oxygens (including phenoxy) is 4. The molecule has 0 amide bonds. The van der Waals surface area contributed by atoms with Gasteiger partial charge in [-0.3, -0.25) is 9.59 Å². The number of esters is 2. The minimum absolute atomic E-state index is 0.0213. The van der Waals surface area contributed by atoms with E-state index in [1.165, 1.54) is 0 Å². The maximum absolute atomic E-state index is 14.1. The van der Waals surface area contributed by atoms with Gasteiger partial charge in [-0.05, 0) is 69.8 Å². The Morgan fingerprint density at radius 1 is 1.10 bits per heavy atom. The predicted molar refractivity (Wildman–Crippen MR) is 132 cm³/mol. The van der Waals surface area contributed by atoms with E-state index in [4.69, 9.17) is 18.9 Å². The van der Waals surface area contributed by atoms with Gasteiger partial charge in [0.2, 0.25) is 5.79 Å². The molecule has 0 radical (unpaired) electrons. The van der Waals surface area contributed by atoms with Crippen LogP contribution in [-0.2, 0) is 33.3 Å². The highest BCUT2D eigenvalue weighted by Gasteiger charge is 2.85. The van der Waals surface area contributed by atoms with Crippen molar-refractivity contribution in [2.24, 2.45) is 35.0 Å². The third-order valence-electron chi connectivity index (χ3n) is 11.8. The summed E-state index contributed by atoms with van der Waals surface area (Å²) in [6, 6.07) is 0. The Hall–Kier alpha value is -1.85. The molecular formula is C29H38O10. The zero-order valence-corrected chi connectivity index (χ0v) is 23.0. The van der Waals surface area contributed by atoms with Gasteiger partial charge in [0.05, 0.1) is 24.0 Å². The van der Waals surface area contributed by atoms with Crippen LogP contribution in [0.25, 0.3) is 0 Å². The molecule has 4 saturated heterocycles. The van der Waals surface area contributed by atoms with Crippen LogP contribution in [0.2, 0.25) is 0 Å². The quantitative estimate of drug-likeness (QED) is 0.441. The molecule has 2 aliphatic carbocycles. The van der Waals surface area contributed by atoms with Crippen LogP contribution in [0.4, 0.5) is 0 Å². The molecule has 13 atom stereocenters. The molecule has 2 saturated carbocycles. The molecule has 10 nitrogen and oxygen atoms in total. The number of Topliss-reactive ketones (excluding diaryl/α,β-unsaturated/α-hetero) is 1. The van der Waals surface area contributed by atoms with Gasteiger partial charge in [0.15, 0.2) is 11.4 Å². The minimum Gasteiger partial charge on any atom is -0.453 e. The van der Waals surface area contributed by atoms with Gasteiger partial charge in [-0.25, -0.2) is 4.79 Å². The Morgan fingerprint density at radius 2 is 1.82 bits per heavy atom. The number of cyclic esters (lactones) is 1. The smallest absolute Gasteiger partial charge is 0.334 e. The SMILES string of the molecule is CC1=C[C@@H]([C@@H](O)[C@@H](C)[C@@H]2C3[C@]2(C)CC[C@@]24O[C@]3(O)C(=O)[C@@H]2CC[C@H]2C(C)(C)O[C@@H]3CC(=O)O[C@@]32[C@H]4O)OC1=O. The van der Waals surface area contributed by atoms with Gasteiger partial charge in [0.1, 0.15) is 23.9 Å². The van der Waals surface area contributed by atoms with E-state index in [0.29, 0.717) is 24.8 Å². The number of carbonyl (C=O) groups excluding carboxylic acids is 3. The van der Waals surface area contributed by atoms with Crippen molar-refractivity contribution in [1.82, 2.24) is 0 Å². The van der Waals surface area contributed by atoms with Crippen molar-refractivity contribution in [3.8, 4) is 0 Å². The summed E-state index contributed by atoms with van der Waals surface area (Å²) in [5.41, 5.74) is -3.56. The van der Waals surface area contributed by atoms with Crippen molar-refractivity contribution in [1.29, 1.82) is 0 Å². The first kappa shape index (κ1) is 26.1. The van der Waals surface area contributed by atoms with Crippen LogP contribution in [0.5, 0.6) is 0 Å². The predicted octanol–water partition coefficient (Wildman–Crippen LogP) is 1.18. The van der Waals surface area contributed by atoms with Gasteiger partial charge in [-0.15, -0.1) is 0 Å². The molecule has 5 heterocycles. The Bertz CT molecular complexity index is 1210. The summed E-state index contributed by atoms with van der Waals surface area (Å²) >= 11 is 0. The summed E-state index contributed by atoms with van der Waals surface area (Å²) in [5.74, 6) is -5.88. The van der Waals surface area contributed by atoms with Crippen LogP contribution in [0.15, 0.2) is 11.6 Å². The molecular weight excluding hydrogens is 508 g/mol. The fourth-order valence-electron chi connectivity index (χ4n) is 10.1. The molecule has 7 rings (SSSR count). The van der Waals surface area contributed by atoms with Gasteiger partial charge in [0.25, 0.3) is 0 Å². The summed E-state index contributed by atoms with van der Waals surface area (Å²) in [7, 11) is 0. The monoisotopic (exact) mass is 546 g/mol. The highest BCUT2D eigenvalue weighted by molar-refractivity contribution is 5.93. The summed E-state index contributed by atoms with van der Waals surface area (Å²) in [5, 5.41) is 35.4. The summed E-state index contributed by atoms with van der Waals surface area (Å²) in [4.78, 5) is 38.6. The van der Waals surface area contributed by atoms with E-state index >= 15 is 0 Å². The highest BCUT2D eigenvalue weighted by atomic mass is 16.7. The topological polar surface area (TPSA) is 149 Å². The lowest BCUT2D eigenvalue weighted by Gasteiger charge is -2.45. The number of aliphatic hydroxyl groups excluding tert-OH is 2. The normalized spacial score (nSPS) is 54.3. The number of carbonyl (C=O) groups is 3. The molecule has 2 bridgehead atoms. The highest BCUT2D eigenvalue weighted by Crippen LogP contribution is 2.75. The molecule has 0 aromatic heterocycles. The number of hydrogen-bond donors (Lipinski definition) is 3. The van der Waals surface area contributed by atoms with Crippen molar-refractivity contribution in [3.63, 3.8) is 0 Å². The van der Waals surface area contributed by atoms with E-state index in [0.717, 1.165) is 0 Å². The third kappa shape index (κ3) is 2.92. The molecule has 7 aliphatic rings. The molecule has 2 spiro atoms. The second-order valence-corrected chi connectivity index (χ2v) is 14.0. The van der Waals surface area contributed by atoms with Gasteiger partial charge in [0, 0.05) is 17.4 Å². The molecule has 214 valence electrons. The summed E-state index contributed by atoms with van der Waals surface area (Å²) in [6.45, 7) is 9.32. The van der Waals surface area contributed by atoms with Crippen LogP contribution >= 0.6 is 0 Å². The van der Waals surface area contributed by atoms with Gasteiger partial charge in [-0.2, -0.15) is 0 Å². The lowest BCUT2D eigenvalue weighted by molar-refractivity contribution is -0.276. The van der Waals surface area contributed by atoms with Gasteiger partial charge >= 0.3 is 11.9 Å². The van der Waals surface area contributed by atoms with E-state index in [1.54, 1.807) is 13.0 Å². The summed E-state index contributed by atoms with van der Waals surface area (Å²) in [6.07, 6.45) is -0.517. The zero-order valence-electron chi connectivity index (χ0n) is 23.0. The molecule has 39 heavy (non-hydrogen) atoms. The Morgan fingerprint density at radius 3 is 2.49 bits per heavy atom. The van der Waals surface area contributed by atoms with Crippen molar-refractivity contribution < 1.29 is 48.7 Å². The average Bonchev–Trinajstić information content (AvgIpc) is 2.96. The molecule has 3 N–H and O–H groups in total. The number of ketones is 1. The molecule has 0 aromatic carbocycles. The van der Waals surface area contributed by atoms with Crippen molar-refractivity contribution in [3.05, 3.63) is 11.6 Å². The molecule has 5 aliphatic heterocycles. The van der Waals surface area contributed by atoms with E-state index < -0.39 is 87.9 Å². The molecule has 1 unspecified atom stereocenters. The first-order chi connectivity index (χ1) is 18.1. The first-order valence-electron chi connectivity index (χ1n) is 14.3. The Labute approximate surface area is 227 Å². The van der Waals surface area contributed by atoms with Crippen molar-refractivity contribution in [2.75, 3.05) is 0 Å². The summed E-state index contributed by atoms with van der Waals surface area (Å²) < 4.78 is 24.1. The van der Waals surface area contributed by atoms with Crippen LogP contribution in [0, 0.1) is 35.0 Å². The molecule has 10 heteroatoms. The Kier molecular flexibility index (Phi) is 5.02. The second-order valence-electron chi connectivity index (χ2n) is 14.0. The fraction of sp³-hybridized carbons (Fsp3) is 0.828. The second kappa shape index (κ2) is 7.50. The van der Waals surface area contributed by atoms with Crippen molar-refractivity contribution >= 4 is 17.7 Å². The number of fused-ring (bicyclic) bond motifs is 3. The van der Waals surface area contributed by atoms with E-state index in [9.17, 15) is 29.7 Å². The maximum Gasteiger partial charge on any atom is 0.334 e. The van der Waals surface area contributed by atoms with Gasteiger partial charge in [-0.1, -0.05) is 13.8 Å². The lowest BCUT2D eigenvalue weighted by Crippen LogP contribution is -2.63.